The van der Waals surface area contributed by atoms with Crippen LogP contribution < -0.4 is 0 Å². The van der Waals surface area contributed by atoms with E-state index < -0.39 is 0 Å². The van der Waals surface area contributed by atoms with Gasteiger partial charge in [-0.2, -0.15) is 0 Å². The zero-order valence-corrected chi connectivity index (χ0v) is 13.3. The van der Waals surface area contributed by atoms with Gasteiger partial charge in [0.15, 0.2) is 0 Å². The van der Waals surface area contributed by atoms with Crippen LogP contribution in [0.4, 0.5) is 0 Å². The van der Waals surface area contributed by atoms with Crippen LogP contribution in [0.25, 0.3) is 0 Å². The molecule has 0 aliphatic heterocycles. The Morgan fingerprint density at radius 3 is 2.26 bits per heavy atom. The molecule has 0 aromatic heterocycles. The molecule has 2 nitrogen and oxygen atoms in total. The minimum atomic E-state index is 0.316. The molecule has 0 saturated heterocycles. The van der Waals surface area contributed by atoms with Crippen molar-refractivity contribution in [2.45, 2.75) is 78.1 Å². The van der Waals surface area contributed by atoms with Crippen LogP contribution in [-0.2, 0) is 4.79 Å². The summed E-state index contributed by atoms with van der Waals surface area (Å²) in [5.41, 5.74) is 0. The van der Waals surface area contributed by atoms with E-state index in [9.17, 15) is 4.79 Å². The fraction of sp³-hybridized carbons (Fsp3) is 0.824. The summed E-state index contributed by atoms with van der Waals surface area (Å²) in [7, 11) is 1.93. The lowest BCUT2D eigenvalue weighted by molar-refractivity contribution is -0.130. The SMILES string of the molecule is CCC/C=C\CCCCCCC(=O)N(C)CCCC. The van der Waals surface area contributed by atoms with Crippen molar-refractivity contribution in [1.29, 1.82) is 0 Å². The van der Waals surface area contributed by atoms with E-state index in [0.717, 1.165) is 32.2 Å². The Balaban J connectivity index is 3.36. The van der Waals surface area contributed by atoms with Gasteiger partial charge in [0.2, 0.25) is 5.91 Å². The molecule has 0 rings (SSSR count). The van der Waals surface area contributed by atoms with Gasteiger partial charge in [-0.25, -0.2) is 0 Å². The van der Waals surface area contributed by atoms with E-state index in [4.69, 9.17) is 0 Å². The number of nitrogens with zero attached hydrogens (tertiary/aromatic N) is 1. The van der Waals surface area contributed by atoms with E-state index in [0.29, 0.717) is 5.91 Å². The second-order valence-corrected chi connectivity index (χ2v) is 5.38. The summed E-state index contributed by atoms with van der Waals surface area (Å²) in [5.74, 6) is 0.316. The maximum absolute atomic E-state index is 11.8. The summed E-state index contributed by atoms with van der Waals surface area (Å²) in [6.45, 7) is 5.28. The largest absolute Gasteiger partial charge is 0.346 e. The molecule has 0 radical (unpaired) electrons. The fourth-order valence-corrected chi connectivity index (χ4v) is 2.01. The van der Waals surface area contributed by atoms with Gasteiger partial charge in [0.1, 0.15) is 0 Å². The Labute approximate surface area is 120 Å². The second kappa shape index (κ2) is 13.6. The van der Waals surface area contributed by atoms with E-state index in [1.807, 2.05) is 11.9 Å². The lowest BCUT2D eigenvalue weighted by atomic mass is 10.1. The van der Waals surface area contributed by atoms with E-state index in [-0.39, 0.29) is 0 Å². The van der Waals surface area contributed by atoms with Crippen molar-refractivity contribution in [2.24, 2.45) is 0 Å². The number of allylic oxidation sites excluding steroid dienone is 2. The van der Waals surface area contributed by atoms with Gasteiger partial charge in [-0.05, 0) is 32.1 Å². The third-order valence-electron chi connectivity index (χ3n) is 3.41. The molecule has 0 unspecified atom stereocenters. The first-order valence-corrected chi connectivity index (χ1v) is 8.11. The van der Waals surface area contributed by atoms with Gasteiger partial charge < -0.3 is 4.90 Å². The summed E-state index contributed by atoms with van der Waals surface area (Å²) >= 11 is 0. The van der Waals surface area contributed by atoms with Crippen LogP contribution in [0.15, 0.2) is 12.2 Å². The average Bonchev–Trinajstić information content (AvgIpc) is 2.42. The number of carbonyl (C=O) groups excluding carboxylic acids is 1. The zero-order chi connectivity index (χ0) is 14.3. The summed E-state index contributed by atoms with van der Waals surface area (Å²) in [4.78, 5) is 13.7. The first-order valence-electron chi connectivity index (χ1n) is 8.11. The summed E-state index contributed by atoms with van der Waals surface area (Å²) in [5, 5.41) is 0. The molecule has 0 saturated carbocycles. The normalized spacial score (nSPS) is 11.1. The highest BCUT2D eigenvalue weighted by Gasteiger charge is 2.06. The van der Waals surface area contributed by atoms with Crippen molar-refractivity contribution in [3.63, 3.8) is 0 Å². The quantitative estimate of drug-likeness (QED) is 0.362. The molecule has 0 atom stereocenters. The summed E-state index contributed by atoms with van der Waals surface area (Å²) in [6, 6.07) is 0. The molecular formula is C17H33NO. The molecule has 0 aromatic carbocycles. The van der Waals surface area contributed by atoms with Crippen molar-refractivity contribution in [2.75, 3.05) is 13.6 Å². The molecule has 0 aromatic rings. The number of rotatable bonds is 12. The zero-order valence-electron chi connectivity index (χ0n) is 13.3. The first kappa shape index (κ1) is 18.2. The maximum Gasteiger partial charge on any atom is 0.222 e. The molecule has 0 fully saturated rings. The highest BCUT2D eigenvalue weighted by molar-refractivity contribution is 5.75. The van der Waals surface area contributed by atoms with Crippen LogP contribution in [0.5, 0.6) is 0 Å². The van der Waals surface area contributed by atoms with Crippen molar-refractivity contribution in [3.05, 3.63) is 12.2 Å². The minimum absolute atomic E-state index is 0.316. The third-order valence-corrected chi connectivity index (χ3v) is 3.41. The van der Waals surface area contributed by atoms with Gasteiger partial charge >= 0.3 is 0 Å². The molecule has 112 valence electrons. The second-order valence-electron chi connectivity index (χ2n) is 5.38. The fourth-order valence-electron chi connectivity index (χ4n) is 2.01. The van der Waals surface area contributed by atoms with Crippen LogP contribution in [0.1, 0.15) is 78.1 Å². The predicted octanol–water partition coefficient (Wildman–Crippen LogP) is 4.94. The highest BCUT2D eigenvalue weighted by atomic mass is 16.2. The molecule has 0 aliphatic rings. The first-order chi connectivity index (χ1) is 9.22. The van der Waals surface area contributed by atoms with Crippen molar-refractivity contribution >= 4 is 5.91 Å². The molecule has 0 aliphatic carbocycles. The molecule has 0 bridgehead atoms. The number of amides is 1. The molecule has 19 heavy (non-hydrogen) atoms. The van der Waals surface area contributed by atoms with E-state index in [1.165, 1.54) is 38.5 Å². The molecule has 0 N–H and O–H groups in total. The van der Waals surface area contributed by atoms with E-state index in [1.54, 1.807) is 0 Å². The summed E-state index contributed by atoms with van der Waals surface area (Å²) in [6.07, 6.45) is 16.0. The van der Waals surface area contributed by atoms with Crippen molar-refractivity contribution in [3.8, 4) is 0 Å². The standard InChI is InChI=1S/C17H33NO/c1-4-6-8-9-10-11-12-13-14-15-17(19)18(3)16-7-5-2/h8-9H,4-7,10-16H2,1-3H3/b9-8-. The van der Waals surface area contributed by atoms with Crippen LogP contribution in [0.2, 0.25) is 0 Å². The lowest BCUT2D eigenvalue weighted by Gasteiger charge is -2.16. The molecule has 1 amide bonds. The average molecular weight is 267 g/mol. The third kappa shape index (κ3) is 12.0. The maximum atomic E-state index is 11.8. The molecule has 2 heteroatoms. The van der Waals surface area contributed by atoms with E-state index in [2.05, 4.69) is 26.0 Å². The van der Waals surface area contributed by atoms with Gasteiger partial charge in [0.25, 0.3) is 0 Å². The smallest absolute Gasteiger partial charge is 0.222 e. The van der Waals surface area contributed by atoms with Crippen LogP contribution in [-0.4, -0.2) is 24.4 Å². The van der Waals surface area contributed by atoms with Crippen LogP contribution in [0, 0.1) is 0 Å². The molecular weight excluding hydrogens is 234 g/mol. The van der Waals surface area contributed by atoms with Crippen LogP contribution in [0.3, 0.4) is 0 Å². The Bertz CT molecular complexity index is 235. The Morgan fingerprint density at radius 2 is 1.58 bits per heavy atom. The van der Waals surface area contributed by atoms with E-state index >= 15 is 0 Å². The Kier molecular flexibility index (Phi) is 13.1. The summed E-state index contributed by atoms with van der Waals surface area (Å²) < 4.78 is 0. The van der Waals surface area contributed by atoms with Gasteiger partial charge in [-0.3, -0.25) is 4.79 Å². The Hall–Kier alpha value is -0.790. The van der Waals surface area contributed by atoms with Crippen LogP contribution >= 0.6 is 0 Å². The van der Waals surface area contributed by atoms with Gasteiger partial charge in [0, 0.05) is 20.0 Å². The lowest BCUT2D eigenvalue weighted by Crippen LogP contribution is -2.27. The molecule has 0 spiro atoms. The predicted molar refractivity (Wildman–Crippen MR) is 84.3 cm³/mol. The number of hydrogen-bond acceptors (Lipinski definition) is 1. The molecule has 0 heterocycles. The number of carbonyl (C=O) groups is 1. The van der Waals surface area contributed by atoms with Gasteiger partial charge in [-0.15, -0.1) is 0 Å². The van der Waals surface area contributed by atoms with Gasteiger partial charge in [0.05, 0.1) is 0 Å². The minimum Gasteiger partial charge on any atom is -0.346 e. The number of unbranched alkanes of at least 4 members (excludes halogenated alkanes) is 6. The highest BCUT2D eigenvalue weighted by Crippen LogP contribution is 2.08. The topological polar surface area (TPSA) is 20.3 Å². The van der Waals surface area contributed by atoms with Crippen molar-refractivity contribution in [1.82, 2.24) is 4.90 Å². The van der Waals surface area contributed by atoms with Crippen molar-refractivity contribution < 1.29 is 4.79 Å². The Morgan fingerprint density at radius 1 is 0.895 bits per heavy atom. The number of hydrogen-bond donors (Lipinski definition) is 0. The van der Waals surface area contributed by atoms with Gasteiger partial charge in [-0.1, -0.05) is 51.7 Å². The monoisotopic (exact) mass is 267 g/mol.